The van der Waals surface area contributed by atoms with Crippen molar-refractivity contribution in [3.8, 4) is 11.5 Å². The first kappa shape index (κ1) is 26.7. The number of hydrogen-bond acceptors (Lipinski definition) is 6. The molecule has 196 valence electrons. The lowest BCUT2D eigenvalue weighted by atomic mass is 10.2. The molecule has 0 saturated carbocycles. The molecule has 0 unspecified atom stereocenters. The maximum atomic E-state index is 13.0. The van der Waals surface area contributed by atoms with Gasteiger partial charge in [-0.3, -0.25) is 0 Å². The Kier molecular flexibility index (Phi) is 8.52. The highest BCUT2D eigenvalue weighted by atomic mass is 35.5. The maximum Gasteiger partial charge on any atom is 0.416 e. The lowest BCUT2D eigenvalue weighted by Crippen LogP contribution is -2.23. The Bertz CT molecular complexity index is 1350. The second kappa shape index (κ2) is 11.8. The molecule has 11 heteroatoms. The van der Waals surface area contributed by atoms with Gasteiger partial charge in [0.15, 0.2) is 5.82 Å². The predicted octanol–water partition coefficient (Wildman–Crippen LogP) is 6.61. The highest BCUT2D eigenvalue weighted by Gasteiger charge is 2.30. The van der Waals surface area contributed by atoms with Crippen molar-refractivity contribution in [3.05, 3.63) is 71.6 Å². The van der Waals surface area contributed by atoms with Crippen molar-refractivity contribution in [2.45, 2.75) is 19.6 Å². The molecular weight excluding hydrogens is 507 g/mol. The molecule has 4 rings (SSSR count). The number of hydrogen-bond donors (Lipinski definition) is 1. The van der Waals surface area contributed by atoms with Crippen LogP contribution < -0.4 is 10.1 Å². The van der Waals surface area contributed by atoms with Gasteiger partial charge in [0.25, 0.3) is 0 Å². The predicted molar refractivity (Wildman–Crippen MR) is 138 cm³/mol. The molecule has 1 N–H and O–H groups in total. The molecule has 0 aliphatic heterocycles. The van der Waals surface area contributed by atoms with E-state index in [1.54, 1.807) is 18.2 Å². The van der Waals surface area contributed by atoms with Crippen LogP contribution in [0.15, 0.2) is 61.1 Å². The van der Waals surface area contributed by atoms with Crippen LogP contribution in [0.2, 0.25) is 5.02 Å². The summed E-state index contributed by atoms with van der Waals surface area (Å²) in [4.78, 5) is 10.9. The Morgan fingerprint density at radius 3 is 2.68 bits per heavy atom. The molecule has 0 aliphatic rings. The summed E-state index contributed by atoms with van der Waals surface area (Å²) in [7, 11) is 2.05. The molecule has 37 heavy (non-hydrogen) atoms. The van der Waals surface area contributed by atoms with Crippen LogP contribution in [0.5, 0.6) is 11.5 Å². The van der Waals surface area contributed by atoms with Gasteiger partial charge in [0.1, 0.15) is 23.3 Å². The van der Waals surface area contributed by atoms with Crippen molar-refractivity contribution in [2.75, 3.05) is 38.7 Å². The van der Waals surface area contributed by atoms with Crippen LogP contribution in [0.4, 0.5) is 24.7 Å². The van der Waals surface area contributed by atoms with Crippen LogP contribution in [0.25, 0.3) is 11.0 Å². The molecule has 0 spiro atoms. The van der Waals surface area contributed by atoms with Gasteiger partial charge in [-0.05, 0) is 56.1 Å². The molecule has 0 saturated heterocycles. The third-order valence-electron chi connectivity index (χ3n) is 5.77. The summed E-state index contributed by atoms with van der Waals surface area (Å²) in [5.74, 6) is 0.855. The van der Waals surface area contributed by atoms with Gasteiger partial charge < -0.3 is 24.3 Å². The van der Waals surface area contributed by atoms with Gasteiger partial charge in [-0.25, -0.2) is 9.97 Å². The van der Waals surface area contributed by atoms with Gasteiger partial charge >= 0.3 is 6.18 Å². The number of rotatable bonds is 11. The first-order valence-electron chi connectivity index (χ1n) is 11.7. The summed E-state index contributed by atoms with van der Waals surface area (Å²) in [5, 5.41) is 3.48. The van der Waals surface area contributed by atoms with E-state index in [1.165, 1.54) is 18.5 Å². The lowest BCUT2D eigenvalue weighted by Gasteiger charge is -2.15. The first-order valence-corrected chi connectivity index (χ1v) is 12.1. The molecule has 7 nitrogen and oxygen atoms in total. The molecule has 2 heterocycles. The zero-order valence-corrected chi connectivity index (χ0v) is 21.2. The third kappa shape index (κ3) is 6.91. The van der Waals surface area contributed by atoms with E-state index in [-0.39, 0.29) is 16.5 Å². The lowest BCUT2D eigenvalue weighted by molar-refractivity contribution is -0.137. The topological polar surface area (TPSA) is 64.4 Å². The van der Waals surface area contributed by atoms with Crippen molar-refractivity contribution in [1.29, 1.82) is 0 Å². The fourth-order valence-electron chi connectivity index (χ4n) is 3.61. The SMILES string of the molecule is CCN(C)CCOCCn1ccc2ncnc(Nc3ccc(Oc4cccc(C(F)(F)F)c4)c(Cl)c3)c21. The number of likely N-dealkylation sites (N-methyl/N-ethyl adjacent to an activating group) is 1. The van der Waals surface area contributed by atoms with E-state index in [0.29, 0.717) is 31.3 Å². The minimum atomic E-state index is -4.46. The Labute approximate surface area is 217 Å². The minimum absolute atomic E-state index is 0.0383. The zero-order valence-electron chi connectivity index (χ0n) is 20.4. The Morgan fingerprint density at radius 2 is 1.92 bits per heavy atom. The normalized spacial score (nSPS) is 11.9. The molecule has 2 aromatic heterocycles. The molecule has 0 fully saturated rings. The van der Waals surface area contributed by atoms with E-state index in [1.807, 2.05) is 23.9 Å². The average molecular weight is 534 g/mol. The summed E-state index contributed by atoms with van der Waals surface area (Å²) in [5.41, 5.74) is 1.43. The van der Waals surface area contributed by atoms with Crippen LogP contribution >= 0.6 is 11.6 Å². The smallest absolute Gasteiger partial charge is 0.416 e. The molecular formula is C26H27ClF3N5O2. The summed E-state index contributed by atoms with van der Waals surface area (Å²) < 4.78 is 52.4. The van der Waals surface area contributed by atoms with Crippen LogP contribution in [0, 0.1) is 0 Å². The van der Waals surface area contributed by atoms with Gasteiger partial charge in [0.05, 0.1) is 29.3 Å². The molecule has 0 aliphatic carbocycles. The minimum Gasteiger partial charge on any atom is -0.456 e. The molecule has 2 aromatic carbocycles. The van der Waals surface area contributed by atoms with E-state index in [2.05, 4.69) is 27.1 Å². The largest absolute Gasteiger partial charge is 0.456 e. The van der Waals surface area contributed by atoms with Crippen LogP contribution in [0.1, 0.15) is 12.5 Å². The standard InChI is InChI=1S/C26H27ClF3N5O2/c1-3-34(2)11-13-36-14-12-35-10-9-22-24(35)25(32-17-31-22)33-19-7-8-23(21(27)16-19)37-20-6-4-5-18(15-20)26(28,29)30/h4-10,15-17H,3,11-14H2,1-2H3,(H,31,32,33). The maximum absolute atomic E-state index is 13.0. The molecule has 0 amide bonds. The molecule has 0 bridgehead atoms. The van der Waals surface area contributed by atoms with Crippen molar-refractivity contribution in [2.24, 2.45) is 0 Å². The Morgan fingerprint density at radius 1 is 1.08 bits per heavy atom. The monoisotopic (exact) mass is 533 g/mol. The van der Waals surface area contributed by atoms with Gasteiger partial charge in [-0.1, -0.05) is 24.6 Å². The van der Waals surface area contributed by atoms with Gasteiger partial charge in [0.2, 0.25) is 0 Å². The van der Waals surface area contributed by atoms with Crippen LogP contribution in [-0.4, -0.2) is 52.8 Å². The second-order valence-corrected chi connectivity index (χ2v) is 8.78. The Hall–Kier alpha value is -3.34. The van der Waals surface area contributed by atoms with Crippen molar-refractivity contribution >= 4 is 34.1 Å². The summed E-state index contributed by atoms with van der Waals surface area (Å²) in [6.45, 7) is 5.77. The number of benzene rings is 2. The van der Waals surface area contributed by atoms with E-state index in [9.17, 15) is 13.2 Å². The number of halogens is 4. The third-order valence-corrected chi connectivity index (χ3v) is 6.06. The molecule has 0 radical (unpaired) electrons. The van der Waals surface area contributed by atoms with E-state index in [0.717, 1.165) is 36.3 Å². The van der Waals surface area contributed by atoms with Gasteiger partial charge in [-0.2, -0.15) is 13.2 Å². The van der Waals surface area contributed by atoms with E-state index >= 15 is 0 Å². The van der Waals surface area contributed by atoms with Crippen LogP contribution in [-0.2, 0) is 17.5 Å². The summed E-state index contributed by atoms with van der Waals surface area (Å²) in [6.07, 6.45) is -1.06. The number of nitrogens with one attached hydrogen (secondary N) is 1. The van der Waals surface area contributed by atoms with Crippen molar-refractivity contribution < 1.29 is 22.6 Å². The number of anilines is 2. The first-order chi connectivity index (χ1) is 17.7. The second-order valence-electron chi connectivity index (χ2n) is 8.37. The summed E-state index contributed by atoms with van der Waals surface area (Å²) in [6, 6.07) is 11.5. The van der Waals surface area contributed by atoms with Gasteiger partial charge in [0, 0.05) is 25.0 Å². The quantitative estimate of drug-likeness (QED) is 0.219. The molecule has 4 aromatic rings. The van der Waals surface area contributed by atoms with Crippen molar-refractivity contribution in [3.63, 3.8) is 0 Å². The highest BCUT2D eigenvalue weighted by molar-refractivity contribution is 6.32. The zero-order chi connectivity index (χ0) is 26.4. The van der Waals surface area contributed by atoms with Crippen molar-refractivity contribution in [1.82, 2.24) is 19.4 Å². The van der Waals surface area contributed by atoms with E-state index in [4.69, 9.17) is 21.1 Å². The number of fused-ring (bicyclic) bond motifs is 1. The summed E-state index contributed by atoms with van der Waals surface area (Å²) >= 11 is 6.39. The highest BCUT2D eigenvalue weighted by Crippen LogP contribution is 2.36. The van der Waals surface area contributed by atoms with E-state index < -0.39 is 11.7 Å². The average Bonchev–Trinajstić information content (AvgIpc) is 3.29. The molecule has 0 atom stereocenters. The number of alkyl halides is 3. The number of nitrogens with zero attached hydrogens (tertiary/aromatic N) is 4. The number of aromatic nitrogens is 3. The Balaban J connectivity index is 1.46. The van der Waals surface area contributed by atoms with Gasteiger partial charge in [-0.15, -0.1) is 0 Å². The number of ether oxygens (including phenoxy) is 2. The van der Waals surface area contributed by atoms with Crippen LogP contribution in [0.3, 0.4) is 0 Å². The fraction of sp³-hybridized carbons (Fsp3) is 0.308. The fourth-order valence-corrected chi connectivity index (χ4v) is 3.83.